The van der Waals surface area contributed by atoms with E-state index in [9.17, 15) is 4.79 Å². The highest BCUT2D eigenvalue weighted by Crippen LogP contribution is 2.51. The van der Waals surface area contributed by atoms with E-state index < -0.39 is 4.32 Å². The first kappa shape index (κ1) is 11.0. The van der Waals surface area contributed by atoms with Gasteiger partial charge in [-0.05, 0) is 35.1 Å². The molecule has 0 aliphatic heterocycles. The van der Waals surface area contributed by atoms with Crippen LogP contribution in [0.2, 0.25) is 0 Å². The summed E-state index contributed by atoms with van der Waals surface area (Å²) >= 11 is 3.67. The lowest BCUT2D eigenvalue weighted by atomic mass is 9.91. The Labute approximate surface area is 109 Å². The van der Waals surface area contributed by atoms with E-state index in [1.807, 2.05) is 18.2 Å². The Balaban J connectivity index is 2.25. The summed E-state index contributed by atoms with van der Waals surface area (Å²) in [6, 6.07) is 14.4. The number of carbonyl (C=O) groups excluding carboxylic acids is 1. The van der Waals surface area contributed by atoms with Crippen molar-refractivity contribution in [3.63, 3.8) is 0 Å². The van der Waals surface area contributed by atoms with Crippen LogP contribution >= 0.6 is 15.9 Å². The van der Waals surface area contributed by atoms with E-state index in [4.69, 9.17) is 0 Å². The molecule has 0 spiro atoms. The van der Waals surface area contributed by atoms with Crippen molar-refractivity contribution in [2.75, 3.05) is 0 Å². The van der Waals surface area contributed by atoms with Crippen LogP contribution in [0.1, 0.15) is 18.4 Å². The summed E-state index contributed by atoms with van der Waals surface area (Å²) in [7, 11) is 0. The monoisotopic (exact) mass is 288 g/mol. The normalized spacial score (nSPS) is 18.9. The summed E-state index contributed by atoms with van der Waals surface area (Å²) in [5.74, 6) is 0.450. The molecule has 1 nitrogen and oxygen atoms in total. The van der Waals surface area contributed by atoms with E-state index in [-0.39, 0.29) is 0 Å². The second-order valence-corrected chi connectivity index (χ2v) is 6.00. The number of hydrogen-bond donors (Lipinski definition) is 0. The molecule has 0 saturated heterocycles. The zero-order chi connectivity index (χ0) is 11.9. The molecule has 3 rings (SSSR count). The van der Waals surface area contributed by atoms with Gasteiger partial charge in [0, 0.05) is 0 Å². The van der Waals surface area contributed by atoms with Gasteiger partial charge >= 0.3 is 0 Å². The number of carbonyl (C=O) groups is 1. The first-order chi connectivity index (χ1) is 8.25. The molecule has 0 amide bonds. The largest absolute Gasteiger partial charge is 0.301 e. The first-order valence-corrected chi connectivity index (χ1v) is 6.68. The number of halogens is 1. The number of fused-ring (bicyclic) bond motifs is 1. The van der Waals surface area contributed by atoms with Crippen LogP contribution in [0.4, 0.5) is 0 Å². The molecular weight excluding hydrogens is 276 g/mol. The summed E-state index contributed by atoms with van der Waals surface area (Å²) in [6.45, 7) is 0. The quantitative estimate of drug-likeness (QED) is 0.615. The molecule has 1 aliphatic rings. The van der Waals surface area contributed by atoms with Crippen molar-refractivity contribution in [3.8, 4) is 0 Å². The van der Waals surface area contributed by atoms with E-state index >= 15 is 0 Å². The number of benzene rings is 2. The van der Waals surface area contributed by atoms with Gasteiger partial charge in [0.25, 0.3) is 0 Å². The smallest absolute Gasteiger partial charge is 0.141 e. The van der Waals surface area contributed by atoms with Crippen molar-refractivity contribution in [1.82, 2.24) is 0 Å². The fraction of sp³-hybridized carbons (Fsp3) is 0.267. The van der Waals surface area contributed by atoms with Crippen molar-refractivity contribution in [3.05, 3.63) is 48.0 Å². The van der Waals surface area contributed by atoms with Crippen LogP contribution in [0.15, 0.2) is 42.5 Å². The summed E-state index contributed by atoms with van der Waals surface area (Å²) < 4.78 is -0.492. The van der Waals surface area contributed by atoms with Gasteiger partial charge < -0.3 is 4.79 Å². The topological polar surface area (TPSA) is 17.1 Å². The Kier molecular flexibility index (Phi) is 2.55. The van der Waals surface area contributed by atoms with Gasteiger partial charge in [-0.3, -0.25) is 0 Å². The lowest BCUT2D eigenvalue weighted by molar-refractivity contribution is -0.110. The first-order valence-electron chi connectivity index (χ1n) is 5.89. The Morgan fingerprint density at radius 3 is 2.53 bits per heavy atom. The van der Waals surface area contributed by atoms with Crippen LogP contribution in [0, 0.1) is 5.92 Å². The highest BCUT2D eigenvalue weighted by atomic mass is 79.9. The molecule has 17 heavy (non-hydrogen) atoms. The Morgan fingerprint density at radius 2 is 1.82 bits per heavy atom. The molecule has 86 valence electrons. The third-order valence-electron chi connectivity index (χ3n) is 3.55. The van der Waals surface area contributed by atoms with Crippen LogP contribution in [0.5, 0.6) is 0 Å². The van der Waals surface area contributed by atoms with E-state index in [0.717, 1.165) is 24.7 Å². The van der Waals surface area contributed by atoms with Crippen LogP contribution < -0.4 is 0 Å². The van der Waals surface area contributed by atoms with Crippen LogP contribution in [0.3, 0.4) is 0 Å². The van der Waals surface area contributed by atoms with Crippen molar-refractivity contribution >= 4 is 33.0 Å². The molecule has 0 N–H and O–H groups in total. The average Bonchev–Trinajstić information content (AvgIpc) is 3.22. The molecule has 1 atom stereocenters. The molecule has 1 saturated carbocycles. The van der Waals surface area contributed by atoms with Crippen LogP contribution in [-0.4, -0.2) is 6.29 Å². The molecule has 0 radical (unpaired) electrons. The van der Waals surface area contributed by atoms with Gasteiger partial charge in [-0.1, -0.05) is 58.4 Å². The highest BCUT2D eigenvalue weighted by Gasteiger charge is 2.45. The van der Waals surface area contributed by atoms with Gasteiger partial charge in [0.05, 0.1) is 0 Å². The molecule has 0 bridgehead atoms. The van der Waals surface area contributed by atoms with Crippen LogP contribution in [-0.2, 0) is 9.12 Å². The van der Waals surface area contributed by atoms with Gasteiger partial charge in [0.15, 0.2) is 0 Å². The fourth-order valence-electron chi connectivity index (χ4n) is 2.44. The van der Waals surface area contributed by atoms with Gasteiger partial charge in [-0.25, -0.2) is 0 Å². The summed E-state index contributed by atoms with van der Waals surface area (Å²) in [4.78, 5) is 11.5. The van der Waals surface area contributed by atoms with E-state index in [0.29, 0.717) is 5.92 Å². The van der Waals surface area contributed by atoms with Crippen molar-refractivity contribution in [2.45, 2.75) is 17.2 Å². The molecule has 0 heterocycles. The zero-order valence-electron chi connectivity index (χ0n) is 9.40. The number of alkyl halides is 1. The lowest BCUT2D eigenvalue weighted by Gasteiger charge is -2.23. The van der Waals surface area contributed by atoms with Gasteiger partial charge in [0.1, 0.15) is 10.6 Å². The number of hydrogen-bond acceptors (Lipinski definition) is 1. The summed E-state index contributed by atoms with van der Waals surface area (Å²) in [6.07, 6.45) is 3.33. The fourth-order valence-corrected chi connectivity index (χ4v) is 3.25. The van der Waals surface area contributed by atoms with Gasteiger partial charge in [-0.2, -0.15) is 0 Å². The molecule has 2 heteroatoms. The predicted molar refractivity (Wildman–Crippen MR) is 73.3 cm³/mol. The molecule has 1 aliphatic carbocycles. The van der Waals surface area contributed by atoms with Gasteiger partial charge in [-0.15, -0.1) is 0 Å². The standard InChI is InChI=1S/C15H13BrO/c16-15(10-17,12-8-9-12)14-7-3-5-11-4-1-2-6-13(11)14/h1-7,10,12H,8-9H2. The third-order valence-corrected chi connectivity index (χ3v) is 4.81. The molecule has 0 aromatic heterocycles. The second-order valence-electron chi connectivity index (χ2n) is 4.69. The Morgan fingerprint density at radius 1 is 1.12 bits per heavy atom. The van der Waals surface area contributed by atoms with E-state index in [1.54, 1.807) is 0 Å². The van der Waals surface area contributed by atoms with Crippen molar-refractivity contribution in [1.29, 1.82) is 0 Å². The van der Waals surface area contributed by atoms with E-state index in [1.165, 1.54) is 10.8 Å². The predicted octanol–water partition coefficient (Wildman–Crippen LogP) is 4.04. The Bertz CT molecular complexity index is 569. The molecular formula is C15H13BrO. The number of rotatable bonds is 3. The second kappa shape index (κ2) is 3.95. The minimum atomic E-state index is -0.492. The van der Waals surface area contributed by atoms with E-state index in [2.05, 4.69) is 40.2 Å². The highest BCUT2D eigenvalue weighted by molar-refractivity contribution is 9.10. The molecule has 1 fully saturated rings. The maximum Gasteiger partial charge on any atom is 0.141 e. The minimum Gasteiger partial charge on any atom is -0.301 e. The van der Waals surface area contributed by atoms with Crippen LogP contribution in [0.25, 0.3) is 10.8 Å². The summed E-state index contributed by atoms with van der Waals surface area (Å²) in [5, 5.41) is 2.36. The molecule has 1 unspecified atom stereocenters. The molecule has 2 aromatic carbocycles. The average molecular weight is 289 g/mol. The Hall–Kier alpha value is -1.15. The van der Waals surface area contributed by atoms with Crippen molar-refractivity contribution in [2.24, 2.45) is 5.92 Å². The zero-order valence-corrected chi connectivity index (χ0v) is 11.0. The lowest BCUT2D eigenvalue weighted by Crippen LogP contribution is -2.22. The minimum absolute atomic E-state index is 0.450. The molecule has 2 aromatic rings. The number of aldehydes is 1. The van der Waals surface area contributed by atoms with Crippen molar-refractivity contribution < 1.29 is 4.79 Å². The maximum atomic E-state index is 11.5. The maximum absolute atomic E-state index is 11.5. The van der Waals surface area contributed by atoms with Gasteiger partial charge in [0.2, 0.25) is 0 Å². The third kappa shape index (κ3) is 1.71. The SMILES string of the molecule is O=CC(Br)(c1cccc2ccccc12)C1CC1. The summed E-state index contributed by atoms with van der Waals surface area (Å²) in [5.41, 5.74) is 1.10.